The molecule has 2 rings (SSSR count). The van der Waals surface area contributed by atoms with E-state index < -0.39 is 8.32 Å². The van der Waals surface area contributed by atoms with E-state index in [1.807, 2.05) is 13.0 Å². The molecule has 0 bridgehead atoms. The molecule has 0 aromatic heterocycles. The molecule has 0 unspecified atom stereocenters. The van der Waals surface area contributed by atoms with Crippen LogP contribution < -0.4 is 10.4 Å². The van der Waals surface area contributed by atoms with Gasteiger partial charge in [0.15, 0.2) is 0 Å². The molecule has 0 heterocycles. The minimum Gasteiger partial charge on any atom is -0.463 e. The Morgan fingerprint density at radius 2 is 1.53 bits per heavy atom. The number of carbonyl (C=O) groups excluding carboxylic acids is 1. The minimum absolute atomic E-state index is 0.0146. The van der Waals surface area contributed by atoms with Crippen molar-refractivity contribution in [1.29, 1.82) is 0 Å². The molecule has 0 radical (unpaired) electrons. The zero-order valence-corrected chi connectivity index (χ0v) is 20.1. The van der Waals surface area contributed by atoms with Gasteiger partial charge in [-0.25, -0.2) is 4.79 Å². The van der Waals surface area contributed by atoms with Gasteiger partial charge >= 0.3 is 5.97 Å². The zero-order chi connectivity index (χ0) is 22.0. The van der Waals surface area contributed by atoms with Gasteiger partial charge in [0.1, 0.15) is 0 Å². The van der Waals surface area contributed by atoms with E-state index >= 15 is 0 Å². The van der Waals surface area contributed by atoms with Crippen molar-refractivity contribution in [3.8, 4) is 0 Å². The molecule has 0 N–H and O–H groups in total. The average molecular weight is 425 g/mol. The summed E-state index contributed by atoms with van der Waals surface area (Å²) in [5.41, 5.74) is 0. The first-order valence-electron chi connectivity index (χ1n) is 10.9. The SMILES string of the molecule is CCOC(=O)/C=C/CC[C@H](C)CO[Si](c1ccccc1)(c1ccccc1)C(C)(C)C. The van der Waals surface area contributed by atoms with E-state index in [1.54, 1.807) is 0 Å². The van der Waals surface area contributed by atoms with E-state index in [1.165, 1.54) is 16.4 Å². The van der Waals surface area contributed by atoms with Gasteiger partial charge in [-0.3, -0.25) is 0 Å². The smallest absolute Gasteiger partial charge is 0.330 e. The van der Waals surface area contributed by atoms with Crippen LogP contribution in [-0.4, -0.2) is 27.5 Å². The van der Waals surface area contributed by atoms with E-state index in [0.29, 0.717) is 19.1 Å². The highest BCUT2D eigenvalue weighted by atomic mass is 28.4. The highest BCUT2D eigenvalue weighted by molar-refractivity contribution is 6.99. The summed E-state index contributed by atoms with van der Waals surface area (Å²) < 4.78 is 11.9. The van der Waals surface area contributed by atoms with Gasteiger partial charge in [0.05, 0.1) is 6.61 Å². The van der Waals surface area contributed by atoms with Crippen LogP contribution in [-0.2, 0) is 14.0 Å². The maximum absolute atomic E-state index is 11.4. The van der Waals surface area contributed by atoms with Gasteiger partial charge in [-0.2, -0.15) is 0 Å². The lowest BCUT2D eigenvalue weighted by atomic mass is 10.1. The summed E-state index contributed by atoms with van der Waals surface area (Å²) in [6.07, 6.45) is 5.23. The maximum atomic E-state index is 11.4. The van der Waals surface area contributed by atoms with Crippen LogP contribution >= 0.6 is 0 Å². The summed E-state index contributed by atoms with van der Waals surface area (Å²) in [5, 5.41) is 2.59. The first kappa shape index (κ1) is 24.1. The predicted octanol–water partition coefficient (Wildman–Crippen LogP) is 5.10. The monoisotopic (exact) mass is 424 g/mol. The Bertz CT molecular complexity index is 755. The van der Waals surface area contributed by atoms with Crippen LogP contribution in [0, 0.1) is 5.92 Å². The van der Waals surface area contributed by atoms with E-state index in [4.69, 9.17) is 9.16 Å². The van der Waals surface area contributed by atoms with E-state index in [-0.39, 0.29) is 11.0 Å². The molecule has 0 aliphatic carbocycles. The van der Waals surface area contributed by atoms with Crippen molar-refractivity contribution < 1.29 is 14.0 Å². The Morgan fingerprint density at radius 1 is 1.00 bits per heavy atom. The molecule has 0 fully saturated rings. The molecule has 2 aromatic rings. The largest absolute Gasteiger partial charge is 0.463 e. The number of benzene rings is 2. The number of allylic oxidation sites excluding steroid dienone is 1. The Morgan fingerprint density at radius 3 is 2.00 bits per heavy atom. The van der Waals surface area contributed by atoms with E-state index in [0.717, 1.165) is 12.8 Å². The third-order valence-corrected chi connectivity index (χ3v) is 10.4. The molecular formula is C26H36O3Si. The molecule has 0 aliphatic rings. The lowest BCUT2D eigenvalue weighted by molar-refractivity contribution is -0.137. The molecule has 0 amide bonds. The average Bonchev–Trinajstić information content (AvgIpc) is 2.72. The van der Waals surface area contributed by atoms with Crippen molar-refractivity contribution in [2.24, 2.45) is 5.92 Å². The molecule has 3 nitrogen and oxygen atoms in total. The van der Waals surface area contributed by atoms with E-state index in [2.05, 4.69) is 88.4 Å². The van der Waals surface area contributed by atoms with Crippen LogP contribution in [0.4, 0.5) is 0 Å². The lowest BCUT2D eigenvalue weighted by Gasteiger charge is -2.43. The molecule has 0 saturated heterocycles. The van der Waals surface area contributed by atoms with Gasteiger partial charge in [0.2, 0.25) is 0 Å². The second kappa shape index (κ2) is 11.3. The third-order valence-electron chi connectivity index (χ3n) is 5.37. The highest BCUT2D eigenvalue weighted by Gasteiger charge is 2.50. The minimum atomic E-state index is -2.48. The zero-order valence-electron chi connectivity index (χ0n) is 19.1. The van der Waals surface area contributed by atoms with Crippen LogP contribution in [0.25, 0.3) is 0 Å². The quantitative estimate of drug-likeness (QED) is 0.302. The fourth-order valence-corrected chi connectivity index (χ4v) is 8.55. The standard InChI is InChI=1S/C26H36O3Si/c1-6-28-25(27)20-14-13-15-22(2)21-29-30(26(3,4)5,23-16-9-7-10-17-23)24-18-11-8-12-19-24/h7-12,14,16-20,22H,6,13,15,21H2,1-5H3/b20-14+/t22-/m0/s1. The third kappa shape index (κ3) is 6.16. The highest BCUT2D eigenvalue weighted by Crippen LogP contribution is 2.37. The Balaban J connectivity index is 2.19. The maximum Gasteiger partial charge on any atom is 0.330 e. The van der Waals surface area contributed by atoms with Gasteiger partial charge < -0.3 is 9.16 Å². The molecule has 2 aromatic carbocycles. The number of hydrogen-bond donors (Lipinski definition) is 0. The summed E-state index contributed by atoms with van der Waals surface area (Å²) in [6, 6.07) is 21.4. The fourth-order valence-electron chi connectivity index (χ4n) is 3.86. The van der Waals surface area contributed by atoms with Gasteiger partial charge in [-0.15, -0.1) is 0 Å². The van der Waals surface area contributed by atoms with Crippen LogP contribution in [0.3, 0.4) is 0 Å². The Hall–Kier alpha value is -2.17. The molecule has 0 saturated carbocycles. The Kier molecular flexibility index (Phi) is 9.06. The van der Waals surface area contributed by atoms with Crippen molar-refractivity contribution in [3.63, 3.8) is 0 Å². The summed E-state index contributed by atoms with van der Waals surface area (Å²) in [7, 11) is -2.48. The molecule has 0 spiro atoms. The number of rotatable bonds is 10. The first-order chi connectivity index (χ1) is 14.3. The van der Waals surface area contributed by atoms with E-state index in [9.17, 15) is 4.79 Å². The predicted molar refractivity (Wildman–Crippen MR) is 128 cm³/mol. The second-order valence-electron chi connectivity index (χ2n) is 8.81. The topological polar surface area (TPSA) is 35.5 Å². The summed E-state index contributed by atoms with van der Waals surface area (Å²) in [4.78, 5) is 11.4. The van der Waals surface area contributed by atoms with Crippen LogP contribution in [0.15, 0.2) is 72.8 Å². The molecule has 4 heteroatoms. The van der Waals surface area contributed by atoms with Gasteiger partial charge in [-0.1, -0.05) is 94.4 Å². The first-order valence-corrected chi connectivity index (χ1v) is 12.8. The van der Waals surface area contributed by atoms with Gasteiger partial charge in [-0.05, 0) is 41.1 Å². The second-order valence-corrected chi connectivity index (χ2v) is 13.1. The van der Waals surface area contributed by atoms with Crippen molar-refractivity contribution in [2.75, 3.05) is 13.2 Å². The molecule has 0 aliphatic heterocycles. The Labute approximate surface area is 183 Å². The van der Waals surface area contributed by atoms with Crippen LogP contribution in [0.1, 0.15) is 47.5 Å². The number of esters is 1. The summed E-state index contributed by atoms with van der Waals surface area (Å²) in [5.74, 6) is 0.118. The normalized spacial score (nSPS) is 13.4. The summed E-state index contributed by atoms with van der Waals surface area (Å²) >= 11 is 0. The van der Waals surface area contributed by atoms with Gasteiger partial charge in [0, 0.05) is 12.7 Å². The molecule has 1 atom stereocenters. The van der Waals surface area contributed by atoms with Crippen molar-refractivity contribution in [1.82, 2.24) is 0 Å². The van der Waals surface area contributed by atoms with Crippen LogP contribution in [0.5, 0.6) is 0 Å². The molecule has 30 heavy (non-hydrogen) atoms. The van der Waals surface area contributed by atoms with Crippen LogP contribution in [0.2, 0.25) is 5.04 Å². The fraction of sp³-hybridized carbons (Fsp3) is 0.423. The molecule has 162 valence electrons. The van der Waals surface area contributed by atoms with Crippen molar-refractivity contribution in [3.05, 3.63) is 72.8 Å². The lowest BCUT2D eigenvalue weighted by Crippen LogP contribution is -2.66. The van der Waals surface area contributed by atoms with Crippen molar-refractivity contribution in [2.45, 2.75) is 52.5 Å². The number of hydrogen-bond acceptors (Lipinski definition) is 3. The van der Waals surface area contributed by atoms with Crippen molar-refractivity contribution >= 4 is 24.7 Å². The number of ether oxygens (including phenoxy) is 1. The summed E-state index contributed by atoms with van der Waals surface area (Å²) in [6.45, 7) is 12.0. The number of carbonyl (C=O) groups is 1. The molecular weight excluding hydrogens is 388 g/mol. The van der Waals surface area contributed by atoms with Gasteiger partial charge in [0.25, 0.3) is 8.32 Å².